The molecule has 22 heteroatoms. The molecule has 0 unspecified atom stereocenters. The number of ketones is 5. The van der Waals surface area contributed by atoms with E-state index in [4.69, 9.17) is 17.2 Å². The number of anilines is 3. The lowest BCUT2D eigenvalue weighted by Crippen LogP contribution is -2.10. The van der Waals surface area contributed by atoms with Crippen LogP contribution in [0.1, 0.15) is 66.8 Å². The average molecular weight is 1350 g/mol. The average Bonchev–Trinajstić information content (AvgIpc) is 0.914. The number of non-ortho nitro benzene ring substituents is 4. The molecule has 0 amide bonds. The lowest BCUT2D eigenvalue weighted by molar-refractivity contribution is -0.385. The fourth-order valence-electron chi connectivity index (χ4n) is 10.2. The van der Waals surface area contributed by atoms with Crippen molar-refractivity contribution in [2.24, 2.45) is 4.99 Å². The van der Waals surface area contributed by atoms with E-state index in [9.17, 15) is 69.2 Å². The zero-order valence-electron chi connectivity index (χ0n) is 54.8. The number of aliphatic imine (C=N–C) groups is 1. The number of nitrogens with two attached hydrogens (primary N) is 3. The summed E-state index contributed by atoms with van der Waals surface area (Å²) in [5.74, 6) is 0.428. The topological polar surface area (TPSA) is 365 Å². The molecule has 0 atom stereocenters. The Labute approximate surface area is 576 Å². The van der Waals surface area contributed by atoms with Crippen LogP contribution in [0.5, 0.6) is 0 Å². The molecule has 0 radical (unpaired) electrons. The van der Waals surface area contributed by atoms with Crippen molar-refractivity contribution in [3.63, 3.8) is 0 Å². The first kappa shape index (κ1) is 76.0. The lowest BCUT2D eigenvalue weighted by atomic mass is 9.96. The van der Waals surface area contributed by atoms with E-state index in [1.807, 2.05) is 159 Å². The molecule has 0 bridgehead atoms. The van der Waals surface area contributed by atoms with Gasteiger partial charge in [0.05, 0.1) is 25.4 Å². The third-order valence-electron chi connectivity index (χ3n) is 14.9. The van der Waals surface area contributed by atoms with Crippen LogP contribution in [0.2, 0.25) is 0 Å². The van der Waals surface area contributed by atoms with Crippen molar-refractivity contribution in [2.75, 3.05) is 17.2 Å². The Hall–Kier alpha value is -13.1. The minimum atomic E-state index is -0.552. The van der Waals surface area contributed by atoms with Gasteiger partial charge in [-0.1, -0.05) is 158 Å². The molecular formula is C78H72N8O14. The Morgan fingerprint density at radius 3 is 0.860 bits per heavy atom. The summed E-state index contributed by atoms with van der Waals surface area (Å²) in [6, 6.07) is 69.3. The molecule has 508 valence electrons. The highest BCUT2D eigenvalue weighted by Crippen LogP contribution is 2.22. The van der Waals surface area contributed by atoms with Gasteiger partial charge in [-0.3, -0.25) is 64.4 Å². The Balaban J connectivity index is 0.000000215. The normalized spacial score (nSPS) is 10.1. The maximum atomic E-state index is 12.9. The summed E-state index contributed by atoms with van der Waals surface area (Å²) in [6.07, 6.45) is 4.38. The molecule has 10 rings (SSSR count). The summed E-state index contributed by atoms with van der Waals surface area (Å²) in [5, 5.41) is 41.7. The van der Waals surface area contributed by atoms with E-state index in [2.05, 4.69) is 4.99 Å². The molecule has 0 aliphatic rings. The fourth-order valence-corrected chi connectivity index (χ4v) is 10.2. The molecule has 10 aromatic rings. The minimum Gasteiger partial charge on any atom is -0.399 e. The second-order valence-corrected chi connectivity index (χ2v) is 23.1. The predicted molar refractivity (Wildman–Crippen MR) is 384 cm³/mol. The minimum absolute atomic E-state index is 0.0278. The lowest BCUT2D eigenvalue weighted by Gasteiger charge is -2.08. The van der Waals surface area contributed by atoms with Crippen molar-refractivity contribution in [1.29, 1.82) is 0 Å². The van der Waals surface area contributed by atoms with Crippen molar-refractivity contribution in [2.45, 2.75) is 78.1 Å². The number of carbonyl (C=O) groups excluding carboxylic acids is 6. The van der Waals surface area contributed by atoms with E-state index < -0.39 is 19.7 Å². The first-order valence-corrected chi connectivity index (χ1v) is 31.2. The maximum Gasteiger partial charge on any atom is 0.271 e. The number of hydrogen-bond donors (Lipinski definition) is 3. The second kappa shape index (κ2) is 39.1. The van der Waals surface area contributed by atoms with Gasteiger partial charge in [0.2, 0.25) is 6.08 Å². The van der Waals surface area contributed by atoms with Gasteiger partial charge in [-0.25, -0.2) is 4.79 Å². The molecule has 0 heterocycles. The molecule has 0 aliphatic carbocycles. The van der Waals surface area contributed by atoms with Crippen LogP contribution in [-0.2, 0) is 93.0 Å². The van der Waals surface area contributed by atoms with E-state index in [0.29, 0.717) is 79.6 Å². The molecule has 0 fully saturated rings. The summed E-state index contributed by atoms with van der Waals surface area (Å²) in [6.45, 7) is 4.04. The molecule has 0 aromatic heterocycles. The molecule has 0 saturated carbocycles. The highest BCUT2D eigenvalue weighted by Gasteiger charge is 2.15. The van der Waals surface area contributed by atoms with Gasteiger partial charge in [-0.15, -0.1) is 0 Å². The van der Waals surface area contributed by atoms with Gasteiger partial charge in [0, 0.05) is 130 Å². The maximum absolute atomic E-state index is 12.9. The summed E-state index contributed by atoms with van der Waals surface area (Å²) in [7, 11) is 0. The molecule has 6 N–H and O–H groups in total. The summed E-state index contributed by atoms with van der Waals surface area (Å²) in [5.41, 5.74) is 29.5. The molecule has 100 heavy (non-hydrogen) atoms. The third kappa shape index (κ3) is 27.3. The number of Topliss-reactive ketones (excluding diaryl/α,β-unsaturated/α-hetero) is 5. The van der Waals surface area contributed by atoms with E-state index in [-0.39, 0.29) is 70.2 Å². The van der Waals surface area contributed by atoms with E-state index >= 15 is 0 Å². The standard InChI is InChI=1S/C35H34O3.C15H12N2O5.C15H16N2O.C7H4N2O3.C6H6N2O2/c1-25-9-3-5-15-31(25)23-34(37)21-29-13-7-11-27(17-29)19-33(36)20-28-12-8-14-30(18-28)22-35(38)24-32-16-6-4-10-26(32)2;18-15(9-11-3-1-5-13(7-11)16(19)20)10-12-4-2-6-14(8-12)17(21)22;16-13-5-1-3-11(7-13)9-15(18)10-12-4-2-6-14(17)8-12;10-5-8-6-2-1-3-7(4-6)9(11)12;7-5-2-1-3-6(4-5)8(9)10/h3-18H,19-24H2,1-2H3;1-8H,9-10H2;1-8H,9-10,16-17H2;1-4H;1-4H,7H2. The van der Waals surface area contributed by atoms with Crippen molar-refractivity contribution in [3.05, 3.63) is 350 Å². The van der Waals surface area contributed by atoms with Crippen molar-refractivity contribution in [3.8, 4) is 0 Å². The van der Waals surface area contributed by atoms with Crippen LogP contribution in [0.15, 0.2) is 248 Å². The van der Waals surface area contributed by atoms with Crippen LogP contribution in [0.4, 0.5) is 45.5 Å². The summed E-state index contributed by atoms with van der Waals surface area (Å²) in [4.78, 5) is 115. The summed E-state index contributed by atoms with van der Waals surface area (Å²) < 4.78 is 0. The molecule has 0 saturated heterocycles. The number of hydrogen-bond acceptors (Lipinski definition) is 18. The Kier molecular flexibility index (Phi) is 29.7. The number of nitrogen functional groups attached to an aromatic ring is 3. The van der Waals surface area contributed by atoms with Gasteiger partial charge in [-0.05, 0) is 117 Å². The fraction of sp³-hybridized carbons (Fsp3) is 0.154. The van der Waals surface area contributed by atoms with Crippen LogP contribution >= 0.6 is 0 Å². The molecule has 10 aromatic carbocycles. The SMILES string of the molecule is Cc1ccccc1CC(=O)Cc1cccc(CC(=O)Cc2cccc(CC(=O)Cc3ccccc3C)c2)c1.Nc1cccc(CC(=O)Cc2cccc(N)c2)c1.Nc1cccc([N+](=O)[O-])c1.O=C(Cc1cccc([N+](=O)[O-])c1)Cc1cccc([N+](=O)[O-])c1.O=C=Nc1cccc([N+](=O)[O-])c1. The number of aryl methyl sites for hydroxylation is 2. The van der Waals surface area contributed by atoms with Crippen LogP contribution in [0.3, 0.4) is 0 Å². The highest BCUT2D eigenvalue weighted by atomic mass is 16.6. The summed E-state index contributed by atoms with van der Waals surface area (Å²) >= 11 is 0. The van der Waals surface area contributed by atoms with Gasteiger partial charge in [0.15, 0.2) is 0 Å². The van der Waals surface area contributed by atoms with E-state index in [1.54, 1.807) is 24.3 Å². The number of rotatable bonds is 25. The largest absolute Gasteiger partial charge is 0.399 e. The predicted octanol–water partition coefficient (Wildman–Crippen LogP) is 14.2. The van der Waals surface area contributed by atoms with Crippen LogP contribution in [-0.4, -0.2) is 54.7 Å². The van der Waals surface area contributed by atoms with Gasteiger partial charge in [0.25, 0.3) is 22.7 Å². The zero-order valence-corrected chi connectivity index (χ0v) is 54.8. The number of isocyanates is 1. The third-order valence-corrected chi connectivity index (χ3v) is 14.9. The Bertz CT molecular complexity index is 4390. The molecule has 22 nitrogen and oxygen atoms in total. The molecule has 0 spiro atoms. The van der Waals surface area contributed by atoms with Gasteiger partial charge in [0.1, 0.15) is 28.9 Å². The monoisotopic (exact) mass is 1340 g/mol. The number of nitro benzene ring substituents is 4. The first-order chi connectivity index (χ1) is 47.9. The number of nitrogens with zero attached hydrogens (tertiary/aromatic N) is 5. The van der Waals surface area contributed by atoms with E-state index in [1.165, 1.54) is 78.9 Å². The number of benzene rings is 10. The number of nitro groups is 4. The second-order valence-electron chi connectivity index (χ2n) is 23.1. The van der Waals surface area contributed by atoms with Crippen LogP contribution < -0.4 is 17.2 Å². The van der Waals surface area contributed by atoms with Gasteiger partial charge < -0.3 is 17.2 Å². The Morgan fingerprint density at radius 1 is 0.310 bits per heavy atom. The van der Waals surface area contributed by atoms with E-state index in [0.717, 1.165) is 55.6 Å². The van der Waals surface area contributed by atoms with Gasteiger partial charge in [-0.2, -0.15) is 4.99 Å². The highest BCUT2D eigenvalue weighted by molar-refractivity contribution is 5.86. The van der Waals surface area contributed by atoms with Gasteiger partial charge >= 0.3 is 0 Å². The van der Waals surface area contributed by atoms with Crippen LogP contribution in [0.25, 0.3) is 0 Å². The zero-order chi connectivity index (χ0) is 72.5. The Morgan fingerprint density at radius 2 is 0.560 bits per heavy atom. The molecule has 0 aliphatic heterocycles. The van der Waals surface area contributed by atoms with Crippen LogP contribution in [0, 0.1) is 54.3 Å². The van der Waals surface area contributed by atoms with Crippen molar-refractivity contribution < 1.29 is 48.5 Å². The smallest absolute Gasteiger partial charge is 0.271 e. The molecular weight excluding hydrogens is 1270 g/mol. The first-order valence-electron chi connectivity index (χ1n) is 31.2. The van der Waals surface area contributed by atoms with Crippen molar-refractivity contribution >= 4 is 80.5 Å². The quantitative estimate of drug-likeness (QED) is 0.0157. The van der Waals surface area contributed by atoms with Crippen molar-refractivity contribution in [1.82, 2.24) is 0 Å². The number of carbonyl (C=O) groups is 5.